The number of carbonyl (C=O) groups excluding carboxylic acids is 1. The zero-order valence-electron chi connectivity index (χ0n) is 13.2. The monoisotopic (exact) mass is 311 g/mol. The summed E-state index contributed by atoms with van der Waals surface area (Å²) in [6.07, 6.45) is -0.381. The second-order valence-corrected chi connectivity index (χ2v) is 5.94. The van der Waals surface area contributed by atoms with Gasteiger partial charge in [-0.05, 0) is 16.7 Å². The number of likely N-dealkylation sites (N-methyl/N-ethyl adjacent to an activating group) is 1. The van der Waals surface area contributed by atoms with Gasteiger partial charge in [0.1, 0.15) is 0 Å². The molecule has 23 heavy (non-hydrogen) atoms. The largest absolute Gasteiger partial charge is 0.378 e. The summed E-state index contributed by atoms with van der Waals surface area (Å²) >= 11 is 0. The summed E-state index contributed by atoms with van der Waals surface area (Å²) in [6, 6.07) is 17.2. The second-order valence-electron chi connectivity index (χ2n) is 5.94. The van der Waals surface area contributed by atoms with E-state index in [0.717, 1.165) is 6.42 Å². The maximum Gasteiger partial charge on any atom is 0.255 e. The highest BCUT2D eigenvalue weighted by Crippen LogP contribution is 2.21. The molecule has 4 nitrogen and oxygen atoms in total. The van der Waals surface area contributed by atoms with E-state index in [4.69, 9.17) is 4.74 Å². The lowest BCUT2D eigenvalue weighted by Crippen LogP contribution is -2.40. The van der Waals surface area contributed by atoms with Crippen molar-refractivity contribution in [3.05, 3.63) is 71.3 Å². The van der Waals surface area contributed by atoms with Crippen LogP contribution in [0.1, 0.15) is 22.8 Å². The van der Waals surface area contributed by atoms with Crippen LogP contribution in [-0.2, 0) is 22.6 Å². The zero-order valence-corrected chi connectivity index (χ0v) is 13.2. The van der Waals surface area contributed by atoms with Gasteiger partial charge in [-0.3, -0.25) is 4.79 Å². The van der Waals surface area contributed by atoms with Crippen molar-refractivity contribution in [2.45, 2.75) is 25.2 Å². The molecule has 120 valence electrons. The summed E-state index contributed by atoms with van der Waals surface area (Å²) in [4.78, 5) is 13.9. The van der Waals surface area contributed by atoms with Gasteiger partial charge in [-0.1, -0.05) is 54.6 Å². The number of aliphatic hydroxyl groups excluding tert-OH is 1. The minimum absolute atomic E-state index is 0.0400. The van der Waals surface area contributed by atoms with Crippen LogP contribution in [0.3, 0.4) is 0 Å². The van der Waals surface area contributed by atoms with Crippen LogP contribution in [-0.4, -0.2) is 35.6 Å². The minimum atomic E-state index is -1.13. The highest BCUT2D eigenvalue weighted by Gasteiger charge is 2.25. The number of benzene rings is 2. The average Bonchev–Trinajstić information content (AvgIpc) is 2.61. The lowest BCUT2D eigenvalue weighted by atomic mass is 9.99. The van der Waals surface area contributed by atoms with Crippen molar-refractivity contribution >= 4 is 5.91 Å². The quantitative estimate of drug-likeness (QED) is 0.943. The molecule has 0 spiro atoms. The van der Waals surface area contributed by atoms with E-state index >= 15 is 0 Å². The fourth-order valence-corrected chi connectivity index (χ4v) is 2.91. The topological polar surface area (TPSA) is 49.8 Å². The Hall–Kier alpha value is -2.17. The Morgan fingerprint density at radius 2 is 1.83 bits per heavy atom. The van der Waals surface area contributed by atoms with Crippen LogP contribution in [0.5, 0.6) is 0 Å². The first-order valence-electron chi connectivity index (χ1n) is 7.81. The van der Waals surface area contributed by atoms with E-state index in [-0.39, 0.29) is 12.0 Å². The van der Waals surface area contributed by atoms with Crippen molar-refractivity contribution in [3.8, 4) is 0 Å². The van der Waals surface area contributed by atoms with Crippen molar-refractivity contribution in [2.75, 3.05) is 13.6 Å². The molecule has 2 aromatic carbocycles. The third kappa shape index (κ3) is 3.60. The van der Waals surface area contributed by atoms with Crippen LogP contribution < -0.4 is 0 Å². The lowest BCUT2D eigenvalue weighted by Gasteiger charge is -2.30. The van der Waals surface area contributed by atoms with E-state index in [1.54, 1.807) is 24.1 Å². The lowest BCUT2D eigenvalue weighted by molar-refractivity contribution is -0.141. The van der Waals surface area contributed by atoms with Crippen molar-refractivity contribution in [2.24, 2.45) is 0 Å². The molecule has 0 fully saturated rings. The Bertz CT molecular complexity index is 671. The molecule has 0 saturated carbocycles. The van der Waals surface area contributed by atoms with E-state index in [1.807, 2.05) is 30.3 Å². The van der Waals surface area contributed by atoms with E-state index in [1.165, 1.54) is 11.1 Å². The first-order valence-corrected chi connectivity index (χ1v) is 7.81. The van der Waals surface area contributed by atoms with Crippen molar-refractivity contribution in [1.82, 2.24) is 4.90 Å². The Balaban J connectivity index is 1.61. The highest BCUT2D eigenvalue weighted by atomic mass is 16.5. The number of aliphatic hydroxyl groups is 1. The van der Waals surface area contributed by atoms with Crippen LogP contribution >= 0.6 is 0 Å². The number of carbonyl (C=O) groups is 1. The normalized spacial score (nSPS) is 18.1. The summed E-state index contributed by atoms with van der Waals surface area (Å²) in [6.45, 7) is 1.04. The van der Waals surface area contributed by atoms with Crippen LogP contribution in [0.2, 0.25) is 0 Å². The van der Waals surface area contributed by atoms with Crippen LogP contribution in [0, 0.1) is 0 Å². The van der Waals surface area contributed by atoms with Crippen molar-refractivity contribution < 1.29 is 14.6 Å². The number of nitrogens with zero attached hydrogens (tertiary/aromatic N) is 1. The molecule has 1 N–H and O–H groups in total. The molecule has 0 radical (unpaired) electrons. The number of fused-ring (bicyclic) bond motifs is 1. The molecule has 3 rings (SSSR count). The maximum absolute atomic E-state index is 12.4. The van der Waals surface area contributed by atoms with Crippen LogP contribution in [0.25, 0.3) is 0 Å². The van der Waals surface area contributed by atoms with Gasteiger partial charge in [-0.2, -0.15) is 0 Å². The van der Waals surface area contributed by atoms with E-state index in [0.29, 0.717) is 18.7 Å². The van der Waals surface area contributed by atoms with Gasteiger partial charge in [0.25, 0.3) is 5.91 Å². The fourth-order valence-electron chi connectivity index (χ4n) is 2.91. The van der Waals surface area contributed by atoms with Crippen molar-refractivity contribution in [1.29, 1.82) is 0 Å². The van der Waals surface area contributed by atoms with E-state index in [9.17, 15) is 9.90 Å². The number of amides is 1. The second kappa shape index (κ2) is 6.94. The summed E-state index contributed by atoms with van der Waals surface area (Å²) < 4.78 is 5.84. The van der Waals surface area contributed by atoms with E-state index in [2.05, 4.69) is 12.1 Å². The number of hydrogen-bond donors (Lipinski definition) is 1. The molecule has 2 aromatic rings. The van der Waals surface area contributed by atoms with Gasteiger partial charge >= 0.3 is 0 Å². The molecule has 1 heterocycles. The number of ether oxygens (including phenoxy) is 1. The van der Waals surface area contributed by atoms with Gasteiger partial charge < -0.3 is 14.7 Å². The molecule has 2 atom stereocenters. The third-order valence-electron chi connectivity index (χ3n) is 4.24. The summed E-state index contributed by atoms with van der Waals surface area (Å²) in [5, 5.41) is 10.2. The first-order chi connectivity index (χ1) is 11.1. The number of rotatable bonds is 4. The molecular formula is C19H21NO3. The SMILES string of the molecule is CN(CC1Cc2ccccc2CO1)C(=O)C(O)c1ccccc1. The van der Waals surface area contributed by atoms with Gasteiger partial charge in [0.15, 0.2) is 6.10 Å². The maximum atomic E-state index is 12.4. The molecule has 4 heteroatoms. The molecule has 1 aliphatic rings. The molecule has 0 aliphatic carbocycles. The van der Waals surface area contributed by atoms with Crippen LogP contribution in [0.4, 0.5) is 0 Å². The molecule has 1 amide bonds. The summed E-state index contributed by atoms with van der Waals surface area (Å²) in [5.41, 5.74) is 3.09. The third-order valence-corrected chi connectivity index (χ3v) is 4.24. The molecule has 0 bridgehead atoms. The molecule has 0 aromatic heterocycles. The van der Waals surface area contributed by atoms with Gasteiger partial charge in [0, 0.05) is 20.0 Å². The fraction of sp³-hybridized carbons (Fsp3) is 0.316. The Morgan fingerprint density at radius 3 is 2.57 bits per heavy atom. The zero-order chi connectivity index (χ0) is 16.2. The van der Waals surface area contributed by atoms with Crippen molar-refractivity contribution in [3.63, 3.8) is 0 Å². The Labute approximate surface area is 136 Å². The standard InChI is InChI=1S/C19H21NO3/c1-20(19(22)18(21)14-7-3-2-4-8-14)12-17-11-15-9-5-6-10-16(15)13-23-17/h2-10,17-18,21H,11-13H2,1H3. The molecular weight excluding hydrogens is 290 g/mol. The summed E-state index contributed by atoms with van der Waals surface area (Å²) in [5.74, 6) is -0.307. The molecule has 2 unspecified atom stereocenters. The Morgan fingerprint density at radius 1 is 1.17 bits per heavy atom. The average molecular weight is 311 g/mol. The van der Waals surface area contributed by atoms with Gasteiger partial charge in [0.2, 0.25) is 0 Å². The van der Waals surface area contributed by atoms with E-state index < -0.39 is 6.10 Å². The number of hydrogen-bond acceptors (Lipinski definition) is 3. The highest BCUT2D eigenvalue weighted by molar-refractivity contribution is 5.81. The smallest absolute Gasteiger partial charge is 0.255 e. The first kappa shape index (κ1) is 15.7. The molecule has 0 saturated heterocycles. The van der Waals surface area contributed by atoms with Gasteiger partial charge in [-0.25, -0.2) is 0 Å². The minimum Gasteiger partial charge on any atom is -0.378 e. The molecule has 1 aliphatic heterocycles. The Kier molecular flexibility index (Phi) is 4.74. The van der Waals surface area contributed by atoms with Gasteiger partial charge in [-0.15, -0.1) is 0 Å². The predicted molar refractivity (Wildman–Crippen MR) is 87.8 cm³/mol. The van der Waals surface area contributed by atoms with Crippen LogP contribution in [0.15, 0.2) is 54.6 Å². The predicted octanol–water partition coefficient (Wildman–Crippen LogP) is 2.32. The van der Waals surface area contributed by atoms with Gasteiger partial charge in [0.05, 0.1) is 12.7 Å². The summed E-state index contributed by atoms with van der Waals surface area (Å²) in [7, 11) is 1.71.